The van der Waals surface area contributed by atoms with Crippen LogP contribution in [0.3, 0.4) is 0 Å². The minimum Gasteiger partial charge on any atom is -0.358 e. The summed E-state index contributed by atoms with van der Waals surface area (Å²) in [5.74, 6) is 0.336. The Hall–Kier alpha value is -3.72. The Bertz CT molecular complexity index is 1680. The predicted octanol–water partition coefficient (Wildman–Crippen LogP) is 4.77. The average Bonchev–Trinajstić information content (AvgIpc) is 3.56. The molecule has 5 saturated heterocycles. The number of anilines is 1. The summed E-state index contributed by atoms with van der Waals surface area (Å²) in [7, 11) is -3.49. The Kier molecular flexibility index (Phi) is 15.7. The largest absolute Gasteiger partial charge is 0.358 e. The molecule has 0 saturated carbocycles. The number of Topliss-reactive ketones (excluding diaryl/α,β-unsaturated/α-hetero) is 1. The first kappa shape index (κ1) is 42.9. The van der Waals surface area contributed by atoms with Gasteiger partial charge in [0.15, 0.2) is 5.78 Å². The second-order valence-electron chi connectivity index (χ2n) is 16.4. The van der Waals surface area contributed by atoms with Gasteiger partial charge in [0.2, 0.25) is 10.0 Å². The number of hydrogen-bond acceptors (Lipinski definition) is 8. The SMILES string of the molecule is Cc1ccc(S(=O)(=O)N2CCN(C(=O)NCCCN3CCCCC3)CC2)cc1.O=C(NCCCN1CCCCC1)N1CCC2(CC1)C(=O)CCN2c1ccccc1. The molecule has 2 aromatic carbocycles. The highest BCUT2D eigenvalue weighted by Crippen LogP contribution is 2.39. The molecular weight excluding hydrogens is 741 g/mol. The van der Waals surface area contributed by atoms with Crippen LogP contribution in [0.2, 0.25) is 0 Å². The van der Waals surface area contributed by atoms with Gasteiger partial charge in [-0.2, -0.15) is 4.31 Å². The number of sulfonamides is 1. The van der Waals surface area contributed by atoms with E-state index in [1.807, 2.05) is 30.0 Å². The third-order valence-corrected chi connectivity index (χ3v) is 14.4. The average molecular weight is 807 g/mol. The fourth-order valence-corrected chi connectivity index (χ4v) is 10.4. The third-order valence-electron chi connectivity index (χ3n) is 12.5. The molecule has 7 rings (SSSR count). The second-order valence-corrected chi connectivity index (χ2v) is 18.3. The lowest BCUT2D eigenvalue weighted by molar-refractivity contribution is -0.123. The number of carbonyl (C=O) groups is 3. The Morgan fingerprint density at radius 3 is 1.67 bits per heavy atom. The normalized spacial score (nSPS) is 20.9. The molecule has 0 aliphatic carbocycles. The molecule has 13 nitrogen and oxygen atoms in total. The van der Waals surface area contributed by atoms with Gasteiger partial charge in [-0.3, -0.25) is 4.79 Å². The van der Waals surface area contributed by atoms with Crippen LogP contribution >= 0.6 is 0 Å². The lowest BCUT2D eigenvalue weighted by atomic mass is 9.83. The maximum absolute atomic E-state index is 12.8. The number of carbonyl (C=O) groups excluding carboxylic acids is 3. The molecule has 14 heteroatoms. The quantitative estimate of drug-likeness (QED) is 0.311. The first-order valence-corrected chi connectivity index (χ1v) is 23.0. The number of para-hydroxylation sites is 1. The van der Waals surface area contributed by atoms with Crippen LogP contribution in [0, 0.1) is 6.92 Å². The zero-order chi connectivity index (χ0) is 40.1. The van der Waals surface area contributed by atoms with Crippen molar-refractivity contribution in [2.75, 3.05) is 103 Å². The summed E-state index contributed by atoms with van der Waals surface area (Å²) in [5, 5.41) is 6.06. The molecule has 5 aliphatic rings. The van der Waals surface area contributed by atoms with Crippen molar-refractivity contribution in [3.05, 3.63) is 60.2 Å². The van der Waals surface area contributed by atoms with Crippen molar-refractivity contribution in [3.8, 4) is 0 Å². The Morgan fingerprint density at radius 2 is 1.14 bits per heavy atom. The summed E-state index contributed by atoms with van der Waals surface area (Å²) < 4.78 is 26.9. The topological polar surface area (TPSA) is 129 Å². The lowest BCUT2D eigenvalue weighted by Crippen LogP contribution is -2.58. The van der Waals surface area contributed by atoms with Crippen molar-refractivity contribution in [1.82, 2.24) is 34.5 Å². The second kappa shape index (κ2) is 20.8. The Labute approximate surface area is 341 Å². The number of rotatable bonds is 11. The molecule has 5 heterocycles. The van der Waals surface area contributed by atoms with Crippen LogP contribution in [0.25, 0.3) is 0 Å². The predicted molar refractivity (Wildman–Crippen MR) is 225 cm³/mol. The van der Waals surface area contributed by atoms with Crippen LogP contribution in [0.15, 0.2) is 59.5 Å². The molecule has 2 aromatic rings. The van der Waals surface area contributed by atoms with Gasteiger partial charge in [0.25, 0.3) is 0 Å². The van der Waals surface area contributed by atoms with E-state index in [0.717, 1.165) is 63.1 Å². The molecule has 1 spiro atoms. The third kappa shape index (κ3) is 11.5. The minimum atomic E-state index is -3.49. The fourth-order valence-electron chi connectivity index (χ4n) is 9.00. The van der Waals surface area contributed by atoms with Gasteiger partial charge < -0.3 is 35.1 Å². The van der Waals surface area contributed by atoms with Crippen LogP contribution in [0.4, 0.5) is 15.3 Å². The molecule has 5 aliphatic heterocycles. The fraction of sp³-hybridized carbons (Fsp3) is 0.651. The number of aryl methyl sites for hydroxylation is 1. The van der Waals surface area contributed by atoms with Crippen LogP contribution in [0.5, 0.6) is 0 Å². The summed E-state index contributed by atoms with van der Waals surface area (Å²) in [6.07, 6.45) is 11.9. The number of likely N-dealkylation sites (tertiary alicyclic amines) is 3. The number of nitrogens with one attached hydrogen (secondary N) is 2. The van der Waals surface area contributed by atoms with E-state index in [4.69, 9.17) is 0 Å². The van der Waals surface area contributed by atoms with E-state index in [1.54, 1.807) is 29.2 Å². The summed E-state index contributed by atoms with van der Waals surface area (Å²) >= 11 is 0. The summed E-state index contributed by atoms with van der Waals surface area (Å²) in [6, 6.07) is 17.1. The first-order valence-electron chi connectivity index (χ1n) is 21.6. The standard InChI is InChI=1S/C23H34N4O2.C20H32N4O3S/c28-21-10-17-27(20-8-3-1-4-9-20)23(21)11-18-26(19-12-23)22(29)24-13-7-16-25-14-5-2-6-15-25;1-18-6-8-19(9-7-18)28(26,27)24-16-14-23(15-17-24)20(25)21-10-5-13-22-11-3-2-4-12-22/h1,3-4,8-9H,2,5-7,10-19H2,(H,24,29);6-9H,2-5,10-17H2,1H3,(H,21,25). The molecule has 0 radical (unpaired) electrons. The van der Waals surface area contributed by atoms with Gasteiger partial charge >= 0.3 is 12.1 Å². The summed E-state index contributed by atoms with van der Waals surface area (Å²) in [4.78, 5) is 48.9. The molecule has 0 bridgehead atoms. The maximum atomic E-state index is 12.8. The number of piperazine rings is 1. The van der Waals surface area contributed by atoms with E-state index in [9.17, 15) is 22.8 Å². The van der Waals surface area contributed by atoms with E-state index in [1.165, 1.54) is 69.0 Å². The monoisotopic (exact) mass is 806 g/mol. The highest BCUT2D eigenvalue weighted by Gasteiger charge is 2.50. The van der Waals surface area contributed by atoms with Crippen molar-refractivity contribution in [2.24, 2.45) is 0 Å². The van der Waals surface area contributed by atoms with E-state index in [2.05, 4.69) is 37.5 Å². The van der Waals surface area contributed by atoms with Crippen LogP contribution in [-0.2, 0) is 14.8 Å². The van der Waals surface area contributed by atoms with Crippen LogP contribution < -0.4 is 15.5 Å². The number of amides is 4. The van der Waals surface area contributed by atoms with Crippen LogP contribution in [-0.4, -0.2) is 154 Å². The number of ketones is 1. The van der Waals surface area contributed by atoms with E-state index < -0.39 is 15.6 Å². The highest BCUT2D eigenvalue weighted by molar-refractivity contribution is 7.89. The maximum Gasteiger partial charge on any atom is 0.317 e. The molecule has 4 amide bonds. The van der Waals surface area contributed by atoms with Gasteiger partial charge in [0, 0.05) is 71.0 Å². The van der Waals surface area contributed by atoms with Gasteiger partial charge in [-0.1, -0.05) is 48.7 Å². The number of nitrogens with zero attached hydrogens (tertiary/aromatic N) is 6. The van der Waals surface area contributed by atoms with Crippen molar-refractivity contribution < 1.29 is 22.8 Å². The molecule has 57 heavy (non-hydrogen) atoms. The number of urea groups is 2. The molecule has 314 valence electrons. The van der Waals surface area contributed by atoms with Crippen LogP contribution in [0.1, 0.15) is 76.2 Å². The van der Waals surface area contributed by atoms with Gasteiger partial charge in [-0.15, -0.1) is 0 Å². The van der Waals surface area contributed by atoms with Gasteiger partial charge in [0.1, 0.15) is 5.54 Å². The first-order chi connectivity index (χ1) is 27.7. The van der Waals surface area contributed by atoms with Crippen molar-refractivity contribution >= 4 is 33.6 Å². The molecule has 0 unspecified atom stereocenters. The van der Waals surface area contributed by atoms with E-state index in [0.29, 0.717) is 62.9 Å². The summed E-state index contributed by atoms with van der Waals surface area (Å²) in [5.41, 5.74) is 1.72. The highest BCUT2D eigenvalue weighted by atomic mass is 32.2. The van der Waals surface area contributed by atoms with Crippen molar-refractivity contribution in [3.63, 3.8) is 0 Å². The Balaban J connectivity index is 0.000000193. The van der Waals surface area contributed by atoms with Crippen molar-refractivity contribution in [1.29, 1.82) is 0 Å². The zero-order valence-electron chi connectivity index (χ0n) is 34.2. The number of hydrogen-bond donors (Lipinski definition) is 2. The molecule has 0 atom stereocenters. The lowest BCUT2D eigenvalue weighted by Gasteiger charge is -2.44. The summed E-state index contributed by atoms with van der Waals surface area (Å²) in [6.45, 7) is 13.8. The number of piperidine rings is 3. The van der Waals surface area contributed by atoms with E-state index >= 15 is 0 Å². The van der Waals surface area contributed by atoms with Gasteiger partial charge in [0.05, 0.1) is 4.90 Å². The molecule has 0 aromatic heterocycles. The number of benzene rings is 2. The zero-order valence-corrected chi connectivity index (χ0v) is 35.0. The minimum absolute atomic E-state index is 0.0233. The Morgan fingerprint density at radius 1 is 0.632 bits per heavy atom. The van der Waals surface area contributed by atoms with Gasteiger partial charge in [-0.05, 0) is 122 Å². The molecule has 2 N–H and O–H groups in total. The van der Waals surface area contributed by atoms with Crippen molar-refractivity contribution in [2.45, 2.75) is 88.0 Å². The van der Waals surface area contributed by atoms with Gasteiger partial charge in [-0.25, -0.2) is 18.0 Å². The molecular formula is C43H66N8O5S. The van der Waals surface area contributed by atoms with E-state index in [-0.39, 0.29) is 12.1 Å². The molecule has 5 fully saturated rings. The smallest absolute Gasteiger partial charge is 0.317 e.